The van der Waals surface area contributed by atoms with Crippen LogP contribution in [-0.2, 0) is 10.2 Å². The maximum Gasteiger partial charge on any atom is 0.137 e. The van der Waals surface area contributed by atoms with Gasteiger partial charge in [-0.2, -0.15) is 5.10 Å². The molecule has 2 rings (SSSR count). The van der Waals surface area contributed by atoms with Crippen molar-refractivity contribution in [1.29, 1.82) is 0 Å². The predicted molar refractivity (Wildman–Crippen MR) is 71.9 cm³/mol. The first kappa shape index (κ1) is 13.1. The third kappa shape index (κ3) is 1.94. The molecule has 1 aliphatic heterocycles. The number of nitrogens with one attached hydrogen (secondary N) is 1. The molecule has 0 amide bonds. The Labute approximate surface area is 111 Å². The van der Waals surface area contributed by atoms with Crippen molar-refractivity contribution in [3.63, 3.8) is 0 Å². The maximum absolute atomic E-state index is 11.3. The van der Waals surface area contributed by atoms with E-state index in [4.69, 9.17) is 5.73 Å². The molecule has 0 fully saturated rings. The van der Waals surface area contributed by atoms with E-state index in [0.717, 1.165) is 36.2 Å². The van der Waals surface area contributed by atoms with Gasteiger partial charge in [0, 0.05) is 10.6 Å². The zero-order valence-corrected chi connectivity index (χ0v) is 11.5. The van der Waals surface area contributed by atoms with Gasteiger partial charge in [-0.1, -0.05) is 13.3 Å². The quantitative estimate of drug-likeness (QED) is 0.793. The molecule has 0 saturated carbocycles. The highest BCUT2D eigenvalue weighted by Crippen LogP contribution is 2.49. The van der Waals surface area contributed by atoms with Gasteiger partial charge in [-0.05, 0) is 19.8 Å². The summed E-state index contributed by atoms with van der Waals surface area (Å²) in [5.41, 5.74) is 6.46. The third-order valence-corrected chi connectivity index (χ3v) is 5.03. The average Bonchev–Trinajstić information content (AvgIpc) is 2.98. The average molecular weight is 266 g/mol. The number of thioether (sulfide) groups is 1. The van der Waals surface area contributed by atoms with Crippen LogP contribution in [0.2, 0.25) is 0 Å². The Morgan fingerprint density at radius 2 is 2.44 bits per heavy atom. The summed E-state index contributed by atoms with van der Waals surface area (Å²) in [6, 6.07) is 0. The van der Waals surface area contributed by atoms with Gasteiger partial charge < -0.3 is 10.5 Å². The molecule has 0 saturated heterocycles. The minimum absolute atomic E-state index is 0.225. The molecule has 1 aromatic heterocycles. The molecule has 3 N–H and O–H groups in total. The van der Waals surface area contributed by atoms with E-state index in [1.54, 1.807) is 11.8 Å². The Bertz CT molecular complexity index is 457. The largest absolute Gasteiger partial charge is 0.401 e. The number of H-pyrrole nitrogens is 1. The monoisotopic (exact) mass is 266 g/mol. The Kier molecular flexibility index (Phi) is 3.75. The maximum atomic E-state index is 11.3. The number of hydrogen-bond acceptors (Lipinski definition) is 5. The van der Waals surface area contributed by atoms with Crippen LogP contribution in [0.25, 0.3) is 0 Å². The lowest BCUT2D eigenvalue weighted by molar-refractivity contribution is -0.108. The van der Waals surface area contributed by atoms with Gasteiger partial charge in [-0.3, -0.25) is 5.10 Å². The smallest absolute Gasteiger partial charge is 0.137 e. The molecule has 0 spiro atoms. The van der Waals surface area contributed by atoms with Crippen LogP contribution >= 0.6 is 11.8 Å². The van der Waals surface area contributed by atoms with Crippen molar-refractivity contribution in [2.75, 3.05) is 0 Å². The highest BCUT2D eigenvalue weighted by molar-refractivity contribution is 8.04. The SMILES string of the molecule is CCCCC1=C(N)C(C)(c2ncn[nH]2)C(C=O)S1. The second kappa shape index (κ2) is 5.14. The molecule has 0 bridgehead atoms. The van der Waals surface area contributed by atoms with Crippen molar-refractivity contribution >= 4 is 18.0 Å². The van der Waals surface area contributed by atoms with Crippen LogP contribution < -0.4 is 5.73 Å². The van der Waals surface area contributed by atoms with E-state index in [9.17, 15) is 4.79 Å². The van der Waals surface area contributed by atoms with Gasteiger partial charge in [0.1, 0.15) is 18.4 Å². The lowest BCUT2D eigenvalue weighted by Crippen LogP contribution is -2.38. The summed E-state index contributed by atoms with van der Waals surface area (Å²) < 4.78 is 0. The van der Waals surface area contributed by atoms with Gasteiger partial charge in [0.2, 0.25) is 0 Å². The first-order valence-corrected chi connectivity index (χ1v) is 6.99. The number of nitrogens with zero attached hydrogens (tertiary/aromatic N) is 2. The van der Waals surface area contributed by atoms with Gasteiger partial charge in [0.25, 0.3) is 0 Å². The molecule has 2 heterocycles. The van der Waals surface area contributed by atoms with E-state index >= 15 is 0 Å². The number of unbranched alkanes of at least 4 members (excludes halogenated alkanes) is 1. The number of hydrogen-bond donors (Lipinski definition) is 2. The summed E-state index contributed by atoms with van der Waals surface area (Å²) >= 11 is 1.56. The van der Waals surface area contributed by atoms with E-state index in [1.165, 1.54) is 6.33 Å². The molecule has 1 aliphatic rings. The van der Waals surface area contributed by atoms with E-state index in [0.29, 0.717) is 5.82 Å². The molecule has 1 aromatic rings. The highest BCUT2D eigenvalue weighted by atomic mass is 32.2. The van der Waals surface area contributed by atoms with Crippen LogP contribution in [0.1, 0.15) is 38.9 Å². The summed E-state index contributed by atoms with van der Waals surface area (Å²) in [7, 11) is 0. The third-order valence-electron chi connectivity index (χ3n) is 3.49. The first-order valence-electron chi connectivity index (χ1n) is 6.11. The highest BCUT2D eigenvalue weighted by Gasteiger charge is 2.48. The Morgan fingerprint density at radius 1 is 1.67 bits per heavy atom. The van der Waals surface area contributed by atoms with Crippen molar-refractivity contribution < 1.29 is 4.79 Å². The molecule has 0 aromatic carbocycles. The van der Waals surface area contributed by atoms with E-state index < -0.39 is 5.41 Å². The van der Waals surface area contributed by atoms with Gasteiger partial charge in [0.15, 0.2) is 0 Å². The molecule has 5 nitrogen and oxygen atoms in total. The number of nitrogens with two attached hydrogens (primary N) is 1. The van der Waals surface area contributed by atoms with E-state index in [-0.39, 0.29) is 5.25 Å². The fraction of sp³-hybridized carbons (Fsp3) is 0.583. The summed E-state index contributed by atoms with van der Waals surface area (Å²) in [6.07, 6.45) is 5.54. The number of carbonyl (C=O) groups excluding carboxylic acids is 1. The Balaban J connectivity index is 2.36. The molecular weight excluding hydrogens is 248 g/mol. The van der Waals surface area contributed by atoms with Crippen molar-refractivity contribution in [2.45, 2.75) is 43.8 Å². The summed E-state index contributed by atoms with van der Waals surface area (Å²) in [5, 5.41) is 6.48. The predicted octanol–water partition coefficient (Wildman–Crippen LogP) is 1.74. The zero-order valence-electron chi connectivity index (χ0n) is 10.6. The fourth-order valence-corrected chi connectivity index (χ4v) is 3.63. The van der Waals surface area contributed by atoms with Crippen LogP contribution in [0.3, 0.4) is 0 Å². The normalized spacial score (nSPS) is 27.8. The summed E-state index contributed by atoms with van der Waals surface area (Å²) in [5.74, 6) is 0.663. The fourth-order valence-electron chi connectivity index (χ4n) is 2.19. The molecule has 98 valence electrons. The summed E-state index contributed by atoms with van der Waals surface area (Å²) in [6.45, 7) is 4.09. The van der Waals surface area contributed by atoms with Crippen LogP contribution in [0.4, 0.5) is 0 Å². The number of allylic oxidation sites excluding steroid dienone is 2. The minimum atomic E-state index is -0.564. The number of carbonyl (C=O) groups is 1. The van der Waals surface area contributed by atoms with Gasteiger partial charge in [-0.15, -0.1) is 11.8 Å². The molecule has 6 heteroatoms. The number of rotatable bonds is 5. The van der Waals surface area contributed by atoms with Crippen LogP contribution in [0, 0.1) is 0 Å². The molecule has 2 unspecified atom stereocenters. The second-order valence-corrected chi connectivity index (χ2v) is 5.89. The number of aromatic nitrogens is 3. The Morgan fingerprint density at radius 3 is 3.00 bits per heavy atom. The van der Waals surface area contributed by atoms with Crippen molar-refractivity contribution in [3.05, 3.63) is 22.8 Å². The second-order valence-electron chi connectivity index (χ2n) is 4.65. The number of aromatic amines is 1. The number of aldehydes is 1. The lowest BCUT2D eigenvalue weighted by Gasteiger charge is -2.26. The minimum Gasteiger partial charge on any atom is -0.401 e. The van der Waals surface area contributed by atoms with E-state index in [2.05, 4.69) is 22.1 Å². The van der Waals surface area contributed by atoms with Gasteiger partial charge in [-0.25, -0.2) is 4.98 Å². The molecule has 2 atom stereocenters. The van der Waals surface area contributed by atoms with E-state index in [1.807, 2.05) is 6.92 Å². The molecular formula is C12H18N4OS. The van der Waals surface area contributed by atoms with Crippen molar-refractivity contribution in [1.82, 2.24) is 15.2 Å². The Hall–Kier alpha value is -1.30. The molecule has 18 heavy (non-hydrogen) atoms. The van der Waals surface area contributed by atoms with Crippen LogP contribution in [-0.4, -0.2) is 26.7 Å². The lowest BCUT2D eigenvalue weighted by atomic mass is 9.82. The zero-order chi connectivity index (χ0) is 13.2. The van der Waals surface area contributed by atoms with Crippen LogP contribution in [0.15, 0.2) is 16.9 Å². The van der Waals surface area contributed by atoms with Crippen molar-refractivity contribution in [2.24, 2.45) is 5.73 Å². The van der Waals surface area contributed by atoms with Gasteiger partial charge in [0.05, 0.1) is 10.7 Å². The molecule has 0 aliphatic carbocycles. The standard InChI is InChI=1S/C12H18N4OS/c1-3-4-5-8-10(13)12(2,9(6-17)18-8)11-14-7-15-16-11/h6-7,9H,3-5,13H2,1-2H3,(H,14,15,16). The van der Waals surface area contributed by atoms with Crippen molar-refractivity contribution in [3.8, 4) is 0 Å². The first-order chi connectivity index (χ1) is 8.64. The summed E-state index contributed by atoms with van der Waals surface area (Å²) in [4.78, 5) is 16.6. The topological polar surface area (TPSA) is 84.7 Å². The van der Waals surface area contributed by atoms with Crippen LogP contribution in [0.5, 0.6) is 0 Å². The van der Waals surface area contributed by atoms with Gasteiger partial charge >= 0.3 is 0 Å². The molecule has 0 radical (unpaired) electrons.